The largest absolute Gasteiger partial charge is 0.383 e. The molecule has 0 aliphatic carbocycles. The number of carbonyl (C=O) groups excluding carboxylic acids is 1. The second-order valence-corrected chi connectivity index (χ2v) is 7.39. The molecule has 0 atom stereocenters. The van der Waals surface area contributed by atoms with E-state index in [0.717, 1.165) is 28.8 Å². The first-order chi connectivity index (χ1) is 14.0. The number of aryl methyl sites for hydroxylation is 1. The number of aromatic nitrogens is 3. The lowest BCUT2D eigenvalue weighted by atomic mass is 10.0. The lowest BCUT2D eigenvalue weighted by Gasteiger charge is -2.11. The number of rotatable bonds is 6. The maximum atomic E-state index is 13.2. The Morgan fingerprint density at radius 2 is 2.14 bits per heavy atom. The zero-order valence-electron chi connectivity index (χ0n) is 17.0. The molecule has 1 aromatic carbocycles. The van der Waals surface area contributed by atoms with Crippen molar-refractivity contribution in [2.75, 3.05) is 19.0 Å². The molecule has 3 heterocycles. The second-order valence-electron chi connectivity index (χ2n) is 7.39. The Labute approximate surface area is 168 Å². The highest BCUT2D eigenvalue weighted by molar-refractivity contribution is 6.14. The standard InChI is InChI=1S/C22H24N4O3/c1-13(2)18-12-16(20-14(3)25-29-22(20)24-18)21(27)23-17-6-5-7-19-15(17)8-9-26(19)10-11-28-4/h5-9,12-13H,10-11H2,1-4H3,(H,23,27). The van der Waals surface area contributed by atoms with Gasteiger partial charge in [0.25, 0.3) is 11.6 Å². The fourth-order valence-corrected chi connectivity index (χ4v) is 3.50. The average molecular weight is 392 g/mol. The van der Waals surface area contributed by atoms with E-state index in [1.54, 1.807) is 7.11 Å². The van der Waals surface area contributed by atoms with Gasteiger partial charge in [-0.15, -0.1) is 0 Å². The van der Waals surface area contributed by atoms with E-state index in [9.17, 15) is 4.79 Å². The molecule has 0 unspecified atom stereocenters. The van der Waals surface area contributed by atoms with Crippen molar-refractivity contribution in [1.82, 2.24) is 14.7 Å². The van der Waals surface area contributed by atoms with Crippen LogP contribution in [-0.4, -0.2) is 34.3 Å². The van der Waals surface area contributed by atoms with Crippen LogP contribution in [-0.2, 0) is 11.3 Å². The highest BCUT2D eigenvalue weighted by Crippen LogP contribution is 2.28. The molecule has 0 saturated carbocycles. The Morgan fingerprint density at radius 1 is 1.31 bits per heavy atom. The summed E-state index contributed by atoms with van der Waals surface area (Å²) in [4.78, 5) is 17.7. The minimum absolute atomic E-state index is 0.162. The van der Waals surface area contributed by atoms with Crippen molar-refractivity contribution in [3.63, 3.8) is 0 Å². The van der Waals surface area contributed by atoms with Crippen LogP contribution in [0.25, 0.3) is 22.0 Å². The van der Waals surface area contributed by atoms with Gasteiger partial charge in [-0.1, -0.05) is 25.1 Å². The van der Waals surface area contributed by atoms with E-state index in [0.29, 0.717) is 29.0 Å². The molecule has 0 fully saturated rings. The summed E-state index contributed by atoms with van der Waals surface area (Å²) in [5.74, 6) is -0.0441. The van der Waals surface area contributed by atoms with Gasteiger partial charge in [0.15, 0.2) is 0 Å². The van der Waals surface area contributed by atoms with Crippen LogP contribution in [0, 0.1) is 6.92 Å². The molecule has 0 spiro atoms. The van der Waals surface area contributed by atoms with Gasteiger partial charge in [-0.25, -0.2) is 4.98 Å². The van der Waals surface area contributed by atoms with Crippen molar-refractivity contribution in [2.24, 2.45) is 0 Å². The van der Waals surface area contributed by atoms with E-state index < -0.39 is 0 Å². The number of nitrogens with one attached hydrogen (secondary N) is 1. The number of nitrogens with zero attached hydrogens (tertiary/aromatic N) is 3. The zero-order valence-corrected chi connectivity index (χ0v) is 17.0. The smallest absolute Gasteiger partial charge is 0.259 e. The van der Waals surface area contributed by atoms with Crippen molar-refractivity contribution in [2.45, 2.75) is 33.2 Å². The second kappa shape index (κ2) is 7.67. The predicted octanol–water partition coefficient (Wildman–Crippen LogP) is 4.51. The highest BCUT2D eigenvalue weighted by atomic mass is 16.5. The van der Waals surface area contributed by atoms with Crippen LogP contribution in [0.1, 0.15) is 41.5 Å². The Morgan fingerprint density at radius 3 is 2.90 bits per heavy atom. The average Bonchev–Trinajstić information content (AvgIpc) is 3.30. The molecule has 150 valence electrons. The molecule has 4 rings (SSSR count). The van der Waals surface area contributed by atoms with Crippen LogP contribution in [0.3, 0.4) is 0 Å². The summed E-state index contributed by atoms with van der Waals surface area (Å²) in [7, 11) is 1.69. The molecule has 3 aromatic heterocycles. The minimum atomic E-state index is -0.206. The number of fused-ring (bicyclic) bond motifs is 2. The molecular weight excluding hydrogens is 368 g/mol. The summed E-state index contributed by atoms with van der Waals surface area (Å²) >= 11 is 0. The number of methoxy groups -OCH3 is 1. The van der Waals surface area contributed by atoms with Crippen molar-refractivity contribution < 1.29 is 14.1 Å². The lowest BCUT2D eigenvalue weighted by molar-refractivity contribution is 0.102. The Kier molecular flexibility index (Phi) is 5.07. The minimum Gasteiger partial charge on any atom is -0.383 e. The normalized spacial score (nSPS) is 11.6. The third-order valence-corrected chi connectivity index (χ3v) is 5.07. The van der Waals surface area contributed by atoms with Crippen molar-refractivity contribution in [1.29, 1.82) is 0 Å². The van der Waals surface area contributed by atoms with Gasteiger partial charge in [-0.3, -0.25) is 4.79 Å². The molecule has 0 radical (unpaired) electrons. The zero-order chi connectivity index (χ0) is 20.5. The summed E-state index contributed by atoms with van der Waals surface area (Å²) in [5, 5.41) is 8.69. The third kappa shape index (κ3) is 3.49. The predicted molar refractivity (Wildman–Crippen MR) is 112 cm³/mol. The van der Waals surface area contributed by atoms with Crippen LogP contribution >= 0.6 is 0 Å². The summed E-state index contributed by atoms with van der Waals surface area (Å²) in [5.41, 5.74) is 4.16. The number of hydrogen-bond acceptors (Lipinski definition) is 5. The number of carbonyl (C=O) groups is 1. The monoisotopic (exact) mass is 392 g/mol. The first-order valence-electron chi connectivity index (χ1n) is 9.64. The fourth-order valence-electron chi connectivity index (χ4n) is 3.50. The van der Waals surface area contributed by atoms with Gasteiger partial charge in [0.2, 0.25) is 0 Å². The first-order valence-corrected chi connectivity index (χ1v) is 9.64. The molecule has 4 aromatic rings. The highest BCUT2D eigenvalue weighted by Gasteiger charge is 2.20. The first kappa shape index (κ1) is 19.1. The van der Waals surface area contributed by atoms with E-state index in [-0.39, 0.29) is 11.8 Å². The summed E-state index contributed by atoms with van der Waals surface area (Å²) in [6.45, 7) is 7.25. The molecule has 1 amide bonds. The molecule has 1 N–H and O–H groups in total. The summed E-state index contributed by atoms with van der Waals surface area (Å²) < 4.78 is 12.6. The number of anilines is 1. The van der Waals surface area contributed by atoms with Crippen LogP contribution in [0.2, 0.25) is 0 Å². The van der Waals surface area contributed by atoms with Gasteiger partial charge in [0.1, 0.15) is 0 Å². The number of amides is 1. The van der Waals surface area contributed by atoms with Gasteiger partial charge in [-0.2, -0.15) is 0 Å². The van der Waals surface area contributed by atoms with E-state index >= 15 is 0 Å². The molecule has 7 heteroatoms. The molecule has 7 nitrogen and oxygen atoms in total. The van der Waals surface area contributed by atoms with Crippen LogP contribution in [0.5, 0.6) is 0 Å². The van der Waals surface area contributed by atoms with Crippen molar-refractivity contribution >= 4 is 33.6 Å². The van der Waals surface area contributed by atoms with Crippen LogP contribution in [0.15, 0.2) is 41.1 Å². The fraction of sp³-hybridized carbons (Fsp3) is 0.318. The van der Waals surface area contributed by atoms with Crippen molar-refractivity contribution in [3.8, 4) is 0 Å². The molecule has 29 heavy (non-hydrogen) atoms. The van der Waals surface area contributed by atoms with Gasteiger partial charge >= 0.3 is 0 Å². The Balaban J connectivity index is 1.73. The number of hydrogen-bond donors (Lipinski definition) is 1. The molecule has 0 bridgehead atoms. The Hall–Kier alpha value is -3.19. The Bertz CT molecular complexity index is 1190. The topological polar surface area (TPSA) is 82.2 Å². The molecule has 0 saturated heterocycles. The molecule has 0 aliphatic rings. The van der Waals surface area contributed by atoms with Crippen LogP contribution < -0.4 is 5.32 Å². The van der Waals surface area contributed by atoms with Gasteiger partial charge in [0.05, 0.1) is 34.5 Å². The van der Waals surface area contributed by atoms with E-state index in [2.05, 4.69) is 20.0 Å². The van der Waals surface area contributed by atoms with Crippen molar-refractivity contribution in [3.05, 3.63) is 53.5 Å². The molecule has 0 aliphatic heterocycles. The quantitative estimate of drug-likeness (QED) is 0.522. The van der Waals surface area contributed by atoms with E-state index in [1.807, 2.05) is 57.3 Å². The van der Waals surface area contributed by atoms with Gasteiger partial charge in [0, 0.05) is 30.9 Å². The third-order valence-electron chi connectivity index (χ3n) is 5.07. The van der Waals surface area contributed by atoms with Gasteiger partial charge < -0.3 is 19.1 Å². The van der Waals surface area contributed by atoms with Gasteiger partial charge in [-0.05, 0) is 37.1 Å². The maximum absolute atomic E-state index is 13.2. The number of pyridine rings is 1. The van der Waals surface area contributed by atoms with Crippen LogP contribution in [0.4, 0.5) is 5.69 Å². The van der Waals surface area contributed by atoms with E-state index in [4.69, 9.17) is 9.26 Å². The number of ether oxygens (including phenoxy) is 1. The summed E-state index contributed by atoms with van der Waals surface area (Å²) in [6, 6.07) is 9.71. The lowest BCUT2D eigenvalue weighted by Crippen LogP contribution is -2.14. The number of benzene rings is 1. The molecular formula is C22H24N4O3. The summed E-state index contributed by atoms with van der Waals surface area (Å²) in [6.07, 6.45) is 2.00. The SMILES string of the molecule is COCCn1ccc2c(NC(=O)c3cc(C(C)C)nc4onc(C)c34)cccc21. The maximum Gasteiger partial charge on any atom is 0.259 e. The van der Waals surface area contributed by atoms with E-state index in [1.165, 1.54) is 0 Å².